The van der Waals surface area contributed by atoms with Gasteiger partial charge < -0.3 is 10.8 Å². The molecule has 0 aromatic heterocycles. The third-order valence-electron chi connectivity index (χ3n) is 0.827. The van der Waals surface area contributed by atoms with Crippen molar-refractivity contribution < 1.29 is 15.6 Å². The molecule has 0 aromatic carbocycles. The van der Waals surface area contributed by atoms with Crippen molar-refractivity contribution in [2.75, 3.05) is 5.75 Å². The van der Waals surface area contributed by atoms with Crippen molar-refractivity contribution in [1.29, 1.82) is 0 Å². The highest BCUT2D eigenvalue weighted by molar-refractivity contribution is 7.80. The molecule has 8 heavy (non-hydrogen) atoms. The summed E-state index contributed by atoms with van der Waals surface area (Å²) in [5.41, 5.74) is 3.38. The maximum atomic E-state index is 9.99. The van der Waals surface area contributed by atoms with Crippen LogP contribution in [0.15, 0.2) is 0 Å². The Bertz CT molecular complexity index is 86.1. The summed E-state index contributed by atoms with van der Waals surface area (Å²) in [5, 5.41) is 8.22. The summed E-state index contributed by atoms with van der Waals surface area (Å²) < 4.78 is 0. The quantitative estimate of drug-likeness (QED) is 0.436. The van der Waals surface area contributed by atoms with E-state index in [2.05, 4.69) is 18.4 Å². The van der Waals surface area contributed by atoms with Crippen LogP contribution in [-0.4, -0.2) is 22.9 Å². The molecule has 0 amide bonds. The van der Waals surface area contributed by atoms with Crippen LogP contribution in [0.1, 0.15) is 6.42 Å². The first-order valence-corrected chi connectivity index (χ1v) is 2.98. The molecule has 1 atom stereocenters. The summed E-state index contributed by atoms with van der Waals surface area (Å²) in [7, 11) is 0. The number of carbonyl (C=O) groups is 1. The SMILES string of the molecule is [NH3+][C@@H](CCS)C(=O)O. The van der Waals surface area contributed by atoms with Crippen molar-refractivity contribution in [3.05, 3.63) is 0 Å². The second-order valence-electron chi connectivity index (χ2n) is 1.55. The summed E-state index contributed by atoms with van der Waals surface area (Å²) in [6.45, 7) is 0. The molecule has 0 saturated carbocycles. The van der Waals surface area contributed by atoms with Crippen LogP contribution in [-0.2, 0) is 4.79 Å². The fourth-order valence-electron chi connectivity index (χ4n) is 0.279. The zero-order valence-electron chi connectivity index (χ0n) is 4.50. The second kappa shape index (κ2) is 3.74. The van der Waals surface area contributed by atoms with Crippen molar-refractivity contribution in [1.82, 2.24) is 0 Å². The largest absolute Gasteiger partial charge is 0.477 e. The third kappa shape index (κ3) is 2.87. The van der Waals surface area contributed by atoms with Crippen LogP contribution < -0.4 is 5.73 Å². The molecular formula is C4H10NO2S+. The fourth-order valence-corrected chi connectivity index (χ4v) is 0.591. The molecule has 0 aliphatic heterocycles. The van der Waals surface area contributed by atoms with E-state index in [1.54, 1.807) is 0 Å². The summed E-state index contributed by atoms with van der Waals surface area (Å²) in [4.78, 5) is 9.99. The number of carboxylic acids is 1. The lowest BCUT2D eigenvalue weighted by atomic mass is 10.2. The summed E-state index contributed by atoms with van der Waals surface area (Å²) in [5.74, 6) is -0.264. The van der Waals surface area contributed by atoms with Gasteiger partial charge in [-0.05, 0) is 5.75 Å². The molecule has 0 unspecified atom stereocenters. The van der Waals surface area contributed by atoms with Crippen LogP contribution in [0.25, 0.3) is 0 Å². The minimum atomic E-state index is -0.848. The topological polar surface area (TPSA) is 64.9 Å². The Balaban J connectivity index is 3.32. The van der Waals surface area contributed by atoms with Crippen molar-refractivity contribution in [2.45, 2.75) is 12.5 Å². The molecule has 0 bridgehead atoms. The molecule has 0 rings (SSSR count). The van der Waals surface area contributed by atoms with Crippen LogP contribution in [0.3, 0.4) is 0 Å². The normalized spacial score (nSPS) is 13.2. The van der Waals surface area contributed by atoms with Crippen LogP contribution in [0.4, 0.5) is 0 Å². The second-order valence-corrected chi connectivity index (χ2v) is 1.99. The molecule has 0 aromatic rings. The Hall–Kier alpha value is -0.220. The minimum Gasteiger partial charge on any atom is -0.477 e. The minimum absolute atomic E-state index is 0.493. The van der Waals surface area contributed by atoms with E-state index in [0.29, 0.717) is 12.2 Å². The van der Waals surface area contributed by atoms with E-state index in [4.69, 9.17) is 5.11 Å². The molecule has 0 saturated heterocycles. The van der Waals surface area contributed by atoms with Gasteiger partial charge in [0.05, 0.1) is 0 Å². The highest BCUT2D eigenvalue weighted by Crippen LogP contribution is 1.86. The number of hydrogen-bond acceptors (Lipinski definition) is 2. The molecule has 4 heteroatoms. The number of thiol groups is 1. The van der Waals surface area contributed by atoms with E-state index in [1.807, 2.05) is 0 Å². The van der Waals surface area contributed by atoms with Gasteiger partial charge in [0.2, 0.25) is 0 Å². The van der Waals surface area contributed by atoms with Crippen LogP contribution >= 0.6 is 12.6 Å². The molecule has 48 valence electrons. The van der Waals surface area contributed by atoms with Gasteiger partial charge in [-0.25, -0.2) is 4.79 Å². The van der Waals surface area contributed by atoms with Crippen LogP contribution in [0, 0.1) is 0 Å². The van der Waals surface area contributed by atoms with E-state index in [1.165, 1.54) is 0 Å². The first-order valence-electron chi connectivity index (χ1n) is 2.35. The highest BCUT2D eigenvalue weighted by Gasteiger charge is 2.12. The maximum Gasteiger partial charge on any atom is 0.362 e. The third-order valence-corrected chi connectivity index (χ3v) is 1.09. The van der Waals surface area contributed by atoms with Gasteiger partial charge in [-0.3, -0.25) is 0 Å². The van der Waals surface area contributed by atoms with E-state index in [0.717, 1.165) is 0 Å². The van der Waals surface area contributed by atoms with Gasteiger partial charge in [-0.15, -0.1) is 0 Å². The first-order chi connectivity index (χ1) is 3.68. The van der Waals surface area contributed by atoms with Gasteiger partial charge in [0.25, 0.3) is 0 Å². The molecule has 0 heterocycles. The molecule has 0 aliphatic rings. The zero-order chi connectivity index (χ0) is 6.57. The molecular weight excluding hydrogens is 126 g/mol. The Morgan fingerprint density at radius 1 is 1.88 bits per heavy atom. The van der Waals surface area contributed by atoms with Crippen molar-refractivity contribution >= 4 is 18.6 Å². The standard InChI is InChI=1S/C4H9NO2S/c5-3(1-2-8)4(6)7/h3,8H,1-2,5H2,(H,6,7)/p+1/t3-/m0/s1. The van der Waals surface area contributed by atoms with Gasteiger partial charge in [-0.1, -0.05) is 0 Å². The van der Waals surface area contributed by atoms with E-state index < -0.39 is 12.0 Å². The summed E-state index contributed by atoms with van der Waals surface area (Å²) >= 11 is 3.85. The fraction of sp³-hybridized carbons (Fsp3) is 0.750. The van der Waals surface area contributed by atoms with Gasteiger partial charge in [0, 0.05) is 6.42 Å². The average Bonchev–Trinajstić information content (AvgIpc) is 1.67. The predicted octanol–water partition coefficient (Wildman–Crippen LogP) is -0.999. The van der Waals surface area contributed by atoms with E-state index >= 15 is 0 Å². The lowest BCUT2D eigenvalue weighted by molar-refractivity contribution is -0.407. The van der Waals surface area contributed by atoms with Crippen LogP contribution in [0.5, 0.6) is 0 Å². The molecule has 0 radical (unpaired) electrons. The predicted molar refractivity (Wildman–Crippen MR) is 32.8 cm³/mol. The van der Waals surface area contributed by atoms with Gasteiger partial charge >= 0.3 is 5.97 Å². The Kier molecular flexibility index (Phi) is 3.64. The van der Waals surface area contributed by atoms with Gasteiger partial charge in [0.1, 0.15) is 0 Å². The summed E-state index contributed by atoms with van der Waals surface area (Å²) in [6, 6.07) is -0.493. The molecule has 0 fully saturated rings. The van der Waals surface area contributed by atoms with Crippen molar-refractivity contribution in [3.8, 4) is 0 Å². The molecule has 3 nitrogen and oxygen atoms in total. The highest BCUT2D eigenvalue weighted by atomic mass is 32.1. The Morgan fingerprint density at radius 2 is 2.38 bits per heavy atom. The number of hydrogen-bond donors (Lipinski definition) is 3. The van der Waals surface area contributed by atoms with Crippen LogP contribution in [0.2, 0.25) is 0 Å². The summed E-state index contributed by atoms with van der Waals surface area (Å²) in [6.07, 6.45) is 0.540. The smallest absolute Gasteiger partial charge is 0.362 e. The number of rotatable bonds is 3. The van der Waals surface area contributed by atoms with Crippen molar-refractivity contribution in [3.63, 3.8) is 0 Å². The monoisotopic (exact) mass is 136 g/mol. The number of carboxylic acid groups (broad SMARTS) is 1. The average molecular weight is 136 g/mol. The number of aliphatic carboxylic acids is 1. The van der Waals surface area contributed by atoms with E-state index in [9.17, 15) is 4.79 Å². The first kappa shape index (κ1) is 7.78. The molecule has 0 aliphatic carbocycles. The zero-order valence-corrected chi connectivity index (χ0v) is 5.40. The molecule has 4 N–H and O–H groups in total. The maximum absolute atomic E-state index is 9.99. The lowest BCUT2D eigenvalue weighted by Crippen LogP contribution is -2.65. The van der Waals surface area contributed by atoms with Crippen molar-refractivity contribution in [2.24, 2.45) is 0 Å². The van der Waals surface area contributed by atoms with E-state index in [-0.39, 0.29) is 0 Å². The number of quaternary nitrogens is 1. The van der Waals surface area contributed by atoms with Gasteiger partial charge in [0.15, 0.2) is 6.04 Å². The lowest BCUT2D eigenvalue weighted by Gasteiger charge is -1.96. The van der Waals surface area contributed by atoms with Gasteiger partial charge in [-0.2, -0.15) is 12.6 Å². The Morgan fingerprint density at radius 3 is 2.50 bits per heavy atom. The molecule has 0 spiro atoms. The Labute approximate surface area is 53.3 Å².